The zero-order valence-corrected chi connectivity index (χ0v) is 14.5. The first-order chi connectivity index (χ1) is 12.6. The van der Waals surface area contributed by atoms with Crippen LogP contribution in [0.25, 0.3) is 11.0 Å². The van der Waals surface area contributed by atoms with E-state index in [1.165, 1.54) is 0 Å². The summed E-state index contributed by atoms with van der Waals surface area (Å²) in [6.07, 6.45) is 2.05. The molecule has 2 atom stereocenters. The topological polar surface area (TPSA) is 78.1 Å². The molecule has 0 radical (unpaired) electrons. The van der Waals surface area contributed by atoms with Gasteiger partial charge in [-0.1, -0.05) is 30.3 Å². The van der Waals surface area contributed by atoms with Gasteiger partial charge in [-0.25, -0.2) is 4.98 Å². The molecular formula is C20H20N4O2. The molecule has 1 fully saturated rings. The van der Waals surface area contributed by atoms with E-state index < -0.39 is 0 Å². The fourth-order valence-electron chi connectivity index (χ4n) is 3.68. The Morgan fingerprint density at radius 1 is 1.27 bits per heavy atom. The molecule has 6 heteroatoms. The molecule has 2 amide bonds. The van der Waals surface area contributed by atoms with Crippen molar-refractivity contribution >= 4 is 22.8 Å². The summed E-state index contributed by atoms with van der Waals surface area (Å²) >= 11 is 0. The van der Waals surface area contributed by atoms with Gasteiger partial charge in [-0.2, -0.15) is 0 Å². The molecule has 6 nitrogen and oxygen atoms in total. The van der Waals surface area contributed by atoms with Gasteiger partial charge in [0.1, 0.15) is 0 Å². The molecule has 3 aromatic rings. The second-order valence-corrected chi connectivity index (χ2v) is 6.67. The third kappa shape index (κ3) is 2.94. The van der Waals surface area contributed by atoms with E-state index in [1.54, 1.807) is 23.4 Å². The van der Waals surface area contributed by atoms with Gasteiger partial charge in [0.2, 0.25) is 5.91 Å². The van der Waals surface area contributed by atoms with Crippen molar-refractivity contribution in [3.8, 4) is 0 Å². The Bertz CT molecular complexity index is 951. The van der Waals surface area contributed by atoms with Crippen LogP contribution < -0.4 is 5.32 Å². The van der Waals surface area contributed by atoms with Crippen molar-refractivity contribution in [3.63, 3.8) is 0 Å². The molecule has 0 unspecified atom stereocenters. The first-order valence-electron chi connectivity index (χ1n) is 8.65. The van der Waals surface area contributed by atoms with Crippen molar-refractivity contribution in [2.24, 2.45) is 5.92 Å². The predicted octanol–water partition coefficient (Wildman–Crippen LogP) is 2.51. The van der Waals surface area contributed by atoms with Crippen molar-refractivity contribution < 1.29 is 9.59 Å². The number of hydrogen-bond acceptors (Lipinski definition) is 3. The van der Waals surface area contributed by atoms with Gasteiger partial charge in [0, 0.05) is 31.5 Å². The van der Waals surface area contributed by atoms with E-state index >= 15 is 0 Å². The highest BCUT2D eigenvalue weighted by Crippen LogP contribution is 2.36. The van der Waals surface area contributed by atoms with E-state index in [1.807, 2.05) is 43.4 Å². The van der Waals surface area contributed by atoms with Crippen molar-refractivity contribution in [2.75, 3.05) is 13.6 Å². The first kappa shape index (κ1) is 16.3. The molecule has 26 heavy (non-hydrogen) atoms. The van der Waals surface area contributed by atoms with Crippen LogP contribution in [-0.2, 0) is 4.79 Å². The lowest BCUT2D eigenvalue weighted by molar-refractivity contribution is -0.127. The molecule has 0 saturated carbocycles. The SMILES string of the molecule is CN1C(=O)C[C@H](CNC(=O)c2ccc3nc[nH]c3c2)[C@@H]1c1ccccc1. The molecule has 1 saturated heterocycles. The van der Waals surface area contributed by atoms with Crippen molar-refractivity contribution in [3.05, 3.63) is 66.0 Å². The minimum atomic E-state index is -0.143. The molecular weight excluding hydrogens is 328 g/mol. The van der Waals surface area contributed by atoms with Crippen LogP contribution in [0.3, 0.4) is 0 Å². The molecule has 132 valence electrons. The minimum absolute atomic E-state index is 0.0147. The van der Waals surface area contributed by atoms with Crippen molar-refractivity contribution in [2.45, 2.75) is 12.5 Å². The summed E-state index contributed by atoms with van der Waals surface area (Å²) in [7, 11) is 1.83. The Morgan fingerprint density at radius 3 is 2.88 bits per heavy atom. The number of H-pyrrole nitrogens is 1. The molecule has 0 bridgehead atoms. The first-order valence-corrected chi connectivity index (χ1v) is 8.65. The molecule has 0 aliphatic carbocycles. The van der Waals surface area contributed by atoms with Gasteiger partial charge in [0.25, 0.3) is 5.91 Å². The maximum Gasteiger partial charge on any atom is 0.251 e. The lowest BCUT2D eigenvalue weighted by Gasteiger charge is -2.25. The largest absolute Gasteiger partial charge is 0.352 e. The maximum atomic E-state index is 12.5. The van der Waals surface area contributed by atoms with Crippen LogP contribution in [0.2, 0.25) is 0 Å². The minimum Gasteiger partial charge on any atom is -0.352 e. The van der Waals surface area contributed by atoms with Crippen LogP contribution in [0.15, 0.2) is 54.9 Å². The van der Waals surface area contributed by atoms with Crippen molar-refractivity contribution in [1.29, 1.82) is 0 Å². The van der Waals surface area contributed by atoms with Gasteiger partial charge in [0.05, 0.1) is 23.4 Å². The van der Waals surface area contributed by atoms with Crippen LogP contribution in [0.5, 0.6) is 0 Å². The summed E-state index contributed by atoms with van der Waals surface area (Å²) in [6, 6.07) is 15.3. The second-order valence-electron chi connectivity index (χ2n) is 6.67. The summed E-state index contributed by atoms with van der Waals surface area (Å²) in [6.45, 7) is 0.454. The Kier molecular flexibility index (Phi) is 4.16. The predicted molar refractivity (Wildman–Crippen MR) is 98.5 cm³/mol. The van der Waals surface area contributed by atoms with Crippen molar-refractivity contribution in [1.82, 2.24) is 20.2 Å². The number of hydrogen-bond donors (Lipinski definition) is 2. The van der Waals surface area contributed by atoms with Gasteiger partial charge in [0.15, 0.2) is 0 Å². The molecule has 2 heterocycles. The summed E-state index contributed by atoms with van der Waals surface area (Å²) in [4.78, 5) is 33.7. The number of amides is 2. The number of rotatable bonds is 4. The molecule has 2 N–H and O–H groups in total. The normalized spacial score (nSPS) is 19.9. The third-order valence-electron chi connectivity index (χ3n) is 5.04. The second kappa shape index (κ2) is 6.63. The van der Waals surface area contributed by atoms with Gasteiger partial charge in [-0.3, -0.25) is 9.59 Å². The maximum absolute atomic E-state index is 12.5. The van der Waals surface area contributed by atoms with Crippen LogP contribution in [0.1, 0.15) is 28.4 Å². The molecule has 0 spiro atoms. The fraction of sp³-hybridized carbons (Fsp3) is 0.250. The van der Waals surface area contributed by atoms with E-state index in [0.29, 0.717) is 18.5 Å². The van der Waals surface area contributed by atoms with E-state index in [2.05, 4.69) is 15.3 Å². The average molecular weight is 348 g/mol. The van der Waals surface area contributed by atoms with Crippen LogP contribution >= 0.6 is 0 Å². The fourth-order valence-corrected chi connectivity index (χ4v) is 3.68. The van der Waals surface area contributed by atoms with E-state index in [9.17, 15) is 9.59 Å². The van der Waals surface area contributed by atoms with Gasteiger partial charge < -0.3 is 15.2 Å². The Balaban J connectivity index is 1.48. The number of aromatic nitrogens is 2. The molecule has 2 aromatic carbocycles. The number of carbonyl (C=O) groups is 2. The Hall–Kier alpha value is -3.15. The number of nitrogens with one attached hydrogen (secondary N) is 2. The van der Waals surface area contributed by atoms with E-state index in [0.717, 1.165) is 16.6 Å². The van der Waals surface area contributed by atoms with Crippen LogP contribution in [0.4, 0.5) is 0 Å². The molecule has 1 aromatic heterocycles. The number of aromatic amines is 1. The lowest BCUT2D eigenvalue weighted by atomic mass is 9.93. The lowest BCUT2D eigenvalue weighted by Crippen LogP contribution is -2.32. The van der Waals surface area contributed by atoms with Gasteiger partial charge in [-0.15, -0.1) is 0 Å². The van der Waals surface area contributed by atoms with Gasteiger partial charge in [-0.05, 0) is 23.8 Å². The number of imidazole rings is 1. The highest BCUT2D eigenvalue weighted by molar-refractivity contribution is 5.97. The zero-order chi connectivity index (χ0) is 18.1. The summed E-state index contributed by atoms with van der Waals surface area (Å²) in [5.41, 5.74) is 3.33. The number of likely N-dealkylation sites (tertiary alicyclic amines) is 1. The van der Waals surface area contributed by atoms with Gasteiger partial charge >= 0.3 is 0 Å². The summed E-state index contributed by atoms with van der Waals surface area (Å²) < 4.78 is 0. The number of benzene rings is 2. The molecule has 4 rings (SSSR count). The van der Waals surface area contributed by atoms with Crippen LogP contribution in [-0.4, -0.2) is 40.3 Å². The quantitative estimate of drug-likeness (QED) is 0.760. The monoisotopic (exact) mass is 348 g/mol. The standard InChI is InChI=1S/C20H20N4O2/c1-24-18(25)10-15(19(24)13-5-3-2-4-6-13)11-21-20(26)14-7-8-16-17(9-14)23-12-22-16/h2-9,12,15,19H,10-11H2,1H3,(H,21,26)(H,22,23)/t15-,19+/m1/s1. The third-order valence-corrected chi connectivity index (χ3v) is 5.04. The number of nitrogens with zero attached hydrogens (tertiary/aromatic N) is 2. The summed E-state index contributed by atoms with van der Waals surface area (Å²) in [5, 5.41) is 2.99. The Labute approximate surface area is 151 Å². The molecule has 1 aliphatic rings. The van der Waals surface area contributed by atoms with E-state index in [-0.39, 0.29) is 23.8 Å². The zero-order valence-electron chi connectivity index (χ0n) is 14.5. The Morgan fingerprint density at radius 2 is 2.08 bits per heavy atom. The highest BCUT2D eigenvalue weighted by atomic mass is 16.2. The highest BCUT2D eigenvalue weighted by Gasteiger charge is 2.38. The molecule has 1 aliphatic heterocycles. The number of carbonyl (C=O) groups excluding carboxylic acids is 2. The van der Waals surface area contributed by atoms with E-state index in [4.69, 9.17) is 0 Å². The van der Waals surface area contributed by atoms with Crippen LogP contribution in [0, 0.1) is 5.92 Å². The summed E-state index contributed by atoms with van der Waals surface area (Å²) in [5.74, 6) is 0.0158. The smallest absolute Gasteiger partial charge is 0.251 e. The number of fused-ring (bicyclic) bond motifs is 1. The average Bonchev–Trinajstić information content (AvgIpc) is 3.24.